The zero-order valence-electron chi connectivity index (χ0n) is 14.2. The van der Waals surface area contributed by atoms with Gasteiger partial charge >= 0.3 is 0 Å². The van der Waals surface area contributed by atoms with E-state index < -0.39 is 10.0 Å². The number of ether oxygens (including phenoxy) is 1. The topological polar surface area (TPSA) is 97.5 Å². The van der Waals surface area contributed by atoms with E-state index in [4.69, 9.17) is 9.88 Å². The van der Waals surface area contributed by atoms with E-state index in [1.165, 1.54) is 12.3 Å². The molecule has 7 nitrogen and oxygen atoms in total. The zero-order chi connectivity index (χ0) is 18.6. The number of pyridine rings is 1. The molecule has 136 valence electrons. The summed E-state index contributed by atoms with van der Waals surface area (Å²) in [6.07, 6.45) is 1.52. The van der Waals surface area contributed by atoms with Crippen LogP contribution in [0.25, 0.3) is 0 Å². The zero-order valence-corrected chi connectivity index (χ0v) is 16.6. The Hall–Kier alpha value is -1.68. The molecular formula is C16H21BrN4O3S. The first-order valence-corrected chi connectivity index (χ1v) is 9.79. The maximum atomic E-state index is 11.8. The fourth-order valence-corrected chi connectivity index (χ4v) is 3.58. The number of likely N-dealkylation sites (N-methyl/N-ethyl adjacent to an activating group) is 1. The molecule has 1 aromatic heterocycles. The van der Waals surface area contributed by atoms with Crippen molar-refractivity contribution in [2.24, 2.45) is 5.14 Å². The van der Waals surface area contributed by atoms with Gasteiger partial charge in [0.2, 0.25) is 10.0 Å². The van der Waals surface area contributed by atoms with Crippen LogP contribution in [0, 0.1) is 0 Å². The number of nitrogens with two attached hydrogens (primary N) is 1. The van der Waals surface area contributed by atoms with Crippen LogP contribution in [-0.2, 0) is 10.0 Å². The molecule has 1 unspecified atom stereocenters. The fourth-order valence-electron chi connectivity index (χ4n) is 2.41. The molecule has 0 bridgehead atoms. The first-order valence-electron chi connectivity index (χ1n) is 7.45. The Morgan fingerprint density at radius 1 is 1.36 bits per heavy atom. The largest absolute Gasteiger partial charge is 0.497 e. The molecular weight excluding hydrogens is 408 g/mol. The molecule has 0 aliphatic heterocycles. The molecule has 0 spiro atoms. The molecule has 0 amide bonds. The van der Waals surface area contributed by atoms with Crippen LogP contribution in [0.5, 0.6) is 5.75 Å². The summed E-state index contributed by atoms with van der Waals surface area (Å²) in [7, 11) is 1.62. The number of aromatic nitrogens is 1. The molecule has 0 aliphatic rings. The Balaban J connectivity index is 2.28. The van der Waals surface area contributed by atoms with Crippen LogP contribution in [-0.4, -0.2) is 46.1 Å². The Labute approximate surface area is 156 Å². The SMILES string of the molecule is COc1cccc(C(CNc2ncc(Br)cc2S(N)(=O)=O)N(C)C)c1. The van der Waals surface area contributed by atoms with Gasteiger partial charge < -0.3 is 15.0 Å². The minimum absolute atomic E-state index is 0.0196. The molecule has 2 aromatic rings. The van der Waals surface area contributed by atoms with E-state index in [0.29, 0.717) is 11.0 Å². The average Bonchev–Trinajstić information content (AvgIpc) is 2.55. The van der Waals surface area contributed by atoms with Gasteiger partial charge in [0, 0.05) is 17.2 Å². The van der Waals surface area contributed by atoms with Crippen molar-refractivity contribution < 1.29 is 13.2 Å². The smallest absolute Gasteiger partial charge is 0.241 e. The van der Waals surface area contributed by atoms with Crippen molar-refractivity contribution in [2.45, 2.75) is 10.9 Å². The van der Waals surface area contributed by atoms with Crippen molar-refractivity contribution in [1.82, 2.24) is 9.88 Å². The maximum absolute atomic E-state index is 11.8. The third kappa shape index (κ3) is 5.15. The highest BCUT2D eigenvalue weighted by Crippen LogP contribution is 2.25. The Kier molecular flexibility index (Phi) is 6.39. The molecule has 0 fully saturated rings. The van der Waals surface area contributed by atoms with Crippen LogP contribution in [0.4, 0.5) is 5.82 Å². The number of primary sulfonamides is 1. The second-order valence-electron chi connectivity index (χ2n) is 5.68. The Morgan fingerprint density at radius 3 is 2.68 bits per heavy atom. The van der Waals surface area contributed by atoms with Crippen molar-refractivity contribution in [3.05, 3.63) is 46.6 Å². The summed E-state index contributed by atoms with van der Waals surface area (Å²) in [5, 5.41) is 8.38. The van der Waals surface area contributed by atoms with Crippen molar-refractivity contribution in [3.8, 4) is 5.75 Å². The number of nitrogens with one attached hydrogen (secondary N) is 1. The Bertz CT molecular complexity index is 843. The predicted octanol–water partition coefficient (Wildman–Crippen LogP) is 2.21. The normalized spacial score (nSPS) is 12.9. The minimum Gasteiger partial charge on any atom is -0.497 e. The van der Waals surface area contributed by atoms with Crippen LogP contribution in [0.1, 0.15) is 11.6 Å². The van der Waals surface area contributed by atoms with Gasteiger partial charge in [0.1, 0.15) is 16.5 Å². The van der Waals surface area contributed by atoms with Gasteiger partial charge in [-0.05, 0) is 53.8 Å². The lowest BCUT2D eigenvalue weighted by Gasteiger charge is -2.26. The molecule has 1 atom stereocenters. The highest BCUT2D eigenvalue weighted by molar-refractivity contribution is 9.10. The van der Waals surface area contributed by atoms with Gasteiger partial charge in [-0.25, -0.2) is 18.5 Å². The van der Waals surface area contributed by atoms with Gasteiger partial charge in [-0.15, -0.1) is 0 Å². The van der Waals surface area contributed by atoms with Crippen LogP contribution in [0.2, 0.25) is 0 Å². The lowest BCUT2D eigenvalue weighted by molar-refractivity contribution is 0.310. The third-order valence-electron chi connectivity index (χ3n) is 3.69. The molecule has 2 rings (SSSR count). The number of halogens is 1. The number of hydrogen-bond donors (Lipinski definition) is 2. The van der Waals surface area contributed by atoms with Gasteiger partial charge in [-0.2, -0.15) is 0 Å². The monoisotopic (exact) mass is 428 g/mol. The molecule has 0 radical (unpaired) electrons. The second kappa shape index (κ2) is 8.13. The molecule has 25 heavy (non-hydrogen) atoms. The van der Waals surface area contributed by atoms with E-state index in [0.717, 1.165) is 11.3 Å². The molecule has 0 saturated carbocycles. The van der Waals surface area contributed by atoms with Crippen molar-refractivity contribution in [2.75, 3.05) is 33.1 Å². The van der Waals surface area contributed by atoms with Gasteiger partial charge in [0.05, 0.1) is 13.2 Å². The quantitative estimate of drug-likeness (QED) is 0.701. The molecule has 1 aromatic carbocycles. The van der Waals surface area contributed by atoms with E-state index in [1.807, 2.05) is 43.3 Å². The number of rotatable bonds is 7. The second-order valence-corrected chi connectivity index (χ2v) is 8.13. The number of benzene rings is 1. The lowest BCUT2D eigenvalue weighted by Crippen LogP contribution is -2.28. The summed E-state index contributed by atoms with van der Waals surface area (Å²) < 4.78 is 29.4. The third-order valence-corrected chi connectivity index (χ3v) is 5.05. The highest BCUT2D eigenvalue weighted by atomic mass is 79.9. The van der Waals surface area contributed by atoms with E-state index in [1.54, 1.807) is 7.11 Å². The summed E-state index contributed by atoms with van der Waals surface area (Å²) in [4.78, 5) is 6.12. The van der Waals surface area contributed by atoms with Gasteiger partial charge in [0.25, 0.3) is 0 Å². The standard InChI is InChI=1S/C16H21BrN4O3S/c1-21(2)14(11-5-4-6-13(7-11)24-3)10-20-16-15(25(18,22)23)8-12(17)9-19-16/h4-9,14H,10H2,1-3H3,(H,19,20)(H2,18,22,23). The molecule has 0 aliphatic carbocycles. The molecule has 3 N–H and O–H groups in total. The predicted molar refractivity (Wildman–Crippen MR) is 101 cm³/mol. The number of hydrogen-bond acceptors (Lipinski definition) is 6. The van der Waals surface area contributed by atoms with Crippen molar-refractivity contribution in [1.29, 1.82) is 0 Å². The maximum Gasteiger partial charge on any atom is 0.241 e. The minimum atomic E-state index is -3.89. The van der Waals surface area contributed by atoms with E-state index in [2.05, 4.69) is 26.2 Å². The summed E-state index contributed by atoms with van der Waals surface area (Å²) in [5.74, 6) is 0.983. The summed E-state index contributed by atoms with van der Waals surface area (Å²) in [5.41, 5.74) is 1.03. The Morgan fingerprint density at radius 2 is 2.08 bits per heavy atom. The first kappa shape index (κ1) is 19.6. The van der Waals surface area contributed by atoms with E-state index in [-0.39, 0.29) is 16.8 Å². The van der Waals surface area contributed by atoms with E-state index >= 15 is 0 Å². The highest BCUT2D eigenvalue weighted by Gasteiger charge is 2.19. The molecule has 1 heterocycles. The van der Waals surface area contributed by atoms with Crippen LogP contribution in [0.3, 0.4) is 0 Å². The number of nitrogens with zero attached hydrogens (tertiary/aromatic N) is 2. The first-order chi connectivity index (χ1) is 11.7. The number of methoxy groups -OCH3 is 1. The lowest BCUT2D eigenvalue weighted by atomic mass is 10.1. The van der Waals surface area contributed by atoms with Crippen molar-refractivity contribution in [3.63, 3.8) is 0 Å². The number of sulfonamides is 1. The number of anilines is 1. The van der Waals surface area contributed by atoms with Gasteiger partial charge in [0.15, 0.2) is 0 Å². The van der Waals surface area contributed by atoms with Crippen LogP contribution < -0.4 is 15.2 Å². The fraction of sp³-hybridized carbons (Fsp3) is 0.312. The summed E-state index contributed by atoms with van der Waals surface area (Å²) in [6, 6.07) is 9.14. The van der Waals surface area contributed by atoms with Gasteiger partial charge in [-0.1, -0.05) is 12.1 Å². The van der Waals surface area contributed by atoms with E-state index in [9.17, 15) is 8.42 Å². The molecule has 0 saturated heterocycles. The van der Waals surface area contributed by atoms with Crippen LogP contribution >= 0.6 is 15.9 Å². The summed E-state index contributed by atoms with van der Waals surface area (Å²) >= 11 is 3.21. The molecule has 9 heteroatoms. The summed E-state index contributed by atoms with van der Waals surface area (Å²) in [6.45, 7) is 0.442. The van der Waals surface area contributed by atoms with Gasteiger partial charge in [-0.3, -0.25) is 0 Å². The van der Waals surface area contributed by atoms with Crippen molar-refractivity contribution >= 4 is 31.8 Å². The van der Waals surface area contributed by atoms with Crippen LogP contribution in [0.15, 0.2) is 45.9 Å². The average molecular weight is 429 g/mol.